The molecule has 1 aromatic heterocycles. The maximum Gasteiger partial charge on any atom is 0.0363 e. The first-order chi connectivity index (χ1) is 8.25. The van der Waals surface area contributed by atoms with Gasteiger partial charge in [-0.2, -0.15) is 0 Å². The first kappa shape index (κ1) is 10.3. The lowest BCUT2D eigenvalue weighted by atomic mass is 9.97. The first-order valence-electron chi connectivity index (χ1n) is 5.75. The van der Waals surface area contributed by atoms with Crippen molar-refractivity contribution in [1.29, 1.82) is 0 Å². The van der Waals surface area contributed by atoms with Gasteiger partial charge >= 0.3 is 0 Å². The van der Waals surface area contributed by atoms with Crippen molar-refractivity contribution in [2.24, 2.45) is 0 Å². The van der Waals surface area contributed by atoms with Gasteiger partial charge in [-0.25, -0.2) is 0 Å². The van der Waals surface area contributed by atoms with Gasteiger partial charge in [0, 0.05) is 36.7 Å². The summed E-state index contributed by atoms with van der Waals surface area (Å²) in [5.41, 5.74) is 12.0. The Balaban J connectivity index is 2.18. The summed E-state index contributed by atoms with van der Waals surface area (Å²) in [6.45, 7) is 1.90. The van der Waals surface area contributed by atoms with Crippen LogP contribution in [0.15, 0.2) is 36.7 Å². The molecule has 2 heterocycles. The smallest absolute Gasteiger partial charge is 0.0363 e. The summed E-state index contributed by atoms with van der Waals surface area (Å²) in [7, 11) is 2.12. The summed E-state index contributed by atoms with van der Waals surface area (Å²) in [4.78, 5) is 6.46. The minimum absolute atomic E-state index is 0.900. The van der Waals surface area contributed by atoms with Crippen LogP contribution in [0.4, 0.5) is 5.69 Å². The molecule has 3 rings (SSSR count). The highest BCUT2D eigenvalue weighted by Crippen LogP contribution is 2.34. The number of pyridine rings is 1. The number of rotatable bonds is 1. The number of anilines is 1. The molecule has 2 N–H and O–H groups in total. The van der Waals surface area contributed by atoms with Gasteiger partial charge in [-0.1, -0.05) is 12.1 Å². The van der Waals surface area contributed by atoms with Crippen LogP contribution in [0.5, 0.6) is 0 Å². The second-order valence-electron chi connectivity index (χ2n) is 4.57. The average molecular weight is 225 g/mol. The molecule has 2 aromatic rings. The summed E-state index contributed by atoms with van der Waals surface area (Å²) in [5, 5.41) is 0. The fraction of sp³-hybridized carbons (Fsp3) is 0.214. The number of hydrogen-bond acceptors (Lipinski definition) is 3. The van der Waals surface area contributed by atoms with E-state index < -0.39 is 0 Å². The van der Waals surface area contributed by atoms with E-state index in [1.165, 1.54) is 22.3 Å². The largest absolute Gasteiger partial charge is 0.398 e. The van der Waals surface area contributed by atoms with E-state index in [1.54, 1.807) is 6.20 Å². The molecular formula is C14H15N3. The van der Waals surface area contributed by atoms with E-state index in [0.29, 0.717) is 0 Å². The van der Waals surface area contributed by atoms with E-state index >= 15 is 0 Å². The number of nitrogens with zero attached hydrogens (tertiary/aromatic N) is 2. The Morgan fingerprint density at radius 2 is 2.00 bits per heavy atom. The Labute approximate surface area is 101 Å². The Bertz CT molecular complexity index is 549. The molecule has 1 aliphatic rings. The van der Waals surface area contributed by atoms with Crippen LogP contribution in [-0.2, 0) is 13.1 Å². The molecule has 0 amide bonds. The predicted octanol–water partition coefficient (Wildman–Crippen LogP) is 2.28. The third-order valence-corrected chi connectivity index (χ3v) is 3.30. The van der Waals surface area contributed by atoms with Crippen LogP contribution in [0.2, 0.25) is 0 Å². The van der Waals surface area contributed by atoms with Gasteiger partial charge in [0.25, 0.3) is 0 Å². The summed E-state index contributed by atoms with van der Waals surface area (Å²) in [6, 6.07) is 8.17. The van der Waals surface area contributed by atoms with E-state index in [1.807, 2.05) is 18.3 Å². The van der Waals surface area contributed by atoms with Gasteiger partial charge in [0.15, 0.2) is 0 Å². The van der Waals surface area contributed by atoms with Crippen molar-refractivity contribution in [3.05, 3.63) is 47.8 Å². The lowest BCUT2D eigenvalue weighted by Crippen LogP contribution is -2.08. The summed E-state index contributed by atoms with van der Waals surface area (Å²) in [6.07, 6.45) is 3.71. The van der Waals surface area contributed by atoms with E-state index in [9.17, 15) is 0 Å². The Morgan fingerprint density at radius 1 is 1.18 bits per heavy atom. The standard InChI is InChI=1S/C14H15N3/c1-17-8-12-11(10-3-2-6-16-7-10)4-5-14(15)13(12)9-17/h2-7H,8-9,15H2,1H3. The number of hydrogen-bond donors (Lipinski definition) is 1. The number of aromatic nitrogens is 1. The lowest BCUT2D eigenvalue weighted by Gasteiger charge is -2.09. The molecule has 3 nitrogen and oxygen atoms in total. The van der Waals surface area contributed by atoms with E-state index in [2.05, 4.69) is 29.1 Å². The molecule has 0 fully saturated rings. The van der Waals surface area contributed by atoms with Crippen LogP contribution in [-0.4, -0.2) is 16.9 Å². The van der Waals surface area contributed by atoms with Gasteiger partial charge in [-0.3, -0.25) is 9.88 Å². The van der Waals surface area contributed by atoms with Crippen LogP contribution < -0.4 is 5.73 Å². The van der Waals surface area contributed by atoms with Crippen molar-refractivity contribution in [3.8, 4) is 11.1 Å². The molecular weight excluding hydrogens is 210 g/mol. The molecule has 1 aromatic carbocycles. The van der Waals surface area contributed by atoms with Crippen LogP contribution >= 0.6 is 0 Å². The van der Waals surface area contributed by atoms with Gasteiger partial charge in [0.05, 0.1) is 0 Å². The predicted molar refractivity (Wildman–Crippen MR) is 69.3 cm³/mol. The average Bonchev–Trinajstić information content (AvgIpc) is 2.73. The molecule has 0 saturated heterocycles. The van der Waals surface area contributed by atoms with Gasteiger partial charge in [-0.15, -0.1) is 0 Å². The number of nitrogens with two attached hydrogens (primary N) is 1. The molecule has 0 atom stereocenters. The van der Waals surface area contributed by atoms with Gasteiger partial charge < -0.3 is 5.73 Å². The topological polar surface area (TPSA) is 42.1 Å². The third kappa shape index (κ3) is 1.68. The third-order valence-electron chi connectivity index (χ3n) is 3.30. The van der Waals surface area contributed by atoms with Crippen molar-refractivity contribution < 1.29 is 0 Å². The molecule has 0 saturated carbocycles. The van der Waals surface area contributed by atoms with Crippen LogP contribution in [0, 0.1) is 0 Å². The second-order valence-corrected chi connectivity index (χ2v) is 4.57. The molecule has 1 aliphatic heterocycles. The van der Waals surface area contributed by atoms with Crippen molar-refractivity contribution in [3.63, 3.8) is 0 Å². The fourth-order valence-corrected chi connectivity index (χ4v) is 2.47. The zero-order chi connectivity index (χ0) is 11.8. The normalized spacial score (nSPS) is 14.9. The minimum Gasteiger partial charge on any atom is -0.398 e. The van der Waals surface area contributed by atoms with Crippen LogP contribution in [0.1, 0.15) is 11.1 Å². The number of nitrogen functional groups attached to an aromatic ring is 1. The van der Waals surface area contributed by atoms with Gasteiger partial charge in [-0.05, 0) is 35.9 Å². The van der Waals surface area contributed by atoms with Crippen molar-refractivity contribution in [2.45, 2.75) is 13.1 Å². The van der Waals surface area contributed by atoms with Crippen molar-refractivity contribution in [2.75, 3.05) is 12.8 Å². The molecule has 0 bridgehead atoms. The first-order valence-corrected chi connectivity index (χ1v) is 5.75. The van der Waals surface area contributed by atoms with Crippen LogP contribution in [0.25, 0.3) is 11.1 Å². The zero-order valence-corrected chi connectivity index (χ0v) is 9.85. The Kier molecular flexibility index (Phi) is 2.34. The monoisotopic (exact) mass is 225 g/mol. The molecule has 86 valence electrons. The summed E-state index contributed by atoms with van der Waals surface area (Å²) >= 11 is 0. The number of fused-ring (bicyclic) bond motifs is 1. The highest BCUT2D eigenvalue weighted by atomic mass is 15.1. The molecule has 17 heavy (non-hydrogen) atoms. The Morgan fingerprint density at radius 3 is 2.76 bits per heavy atom. The SMILES string of the molecule is CN1Cc2c(N)ccc(-c3cccnc3)c2C1. The maximum atomic E-state index is 6.04. The van der Waals surface area contributed by atoms with E-state index in [4.69, 9.17) is 5.73 Å². The van der Waals surface area contributed by atoms with E-state index in [0.717, 1.165) is 18.8 Å². The molecule has 0 unspecified atom stereocenters. The summed E-state index contributed by atoms with van der Waals surface area (Å²) < 4.78 is 0. The molecule has 0 spiro atoms. The highest BCUT2D eigenvalue weighted by molar-refractivity contribution is 5.72. The quantitative estimate of drug-likeness (QED) is 0.757. The minimum atomic E-state index is 0.900. The van der Waals surface area contributed by atoms with Crippen molar-refractivity contribution in [1.82, 2.24) is 9.88 Å². The summed E-state index contributed by atoms with van der Waals surface area (Å²) in [5.74, 6) is 0. The molecule has 0 aliphatic carbocycles. The van der Waals surface area contributed by atoms with Gasteiger partial charge in [0.1, 0.15) is 0 Å². The Hall–Kier alpha value is -1.87. The second kappa shape index (κ2) is 3.86. The van der Waals surface area contributed by atoms with Crippen molar-refractivity contribution >= 4 is 5.69 Å². The fourth-order valence-electron chi connectivity index (χ4n) is 2.47. The highest BCUT2D eigenvalue weighted by Gasteiger charge is 2.21. The number of benzene rings is 1. The lowest BCUT2D eigenvalue weighted by molar-refractivity contribution is 0.353. The molecule has 0 radical (unpaired) electrons. The molecule has 3 heteroatoms. The van der Waals surface area contributed by atoms with Crippen LogP contribution in [0.3, 0.4) is 0 Å². The van der Waals surface area contributed by atoms with Gasteiger partial charge in [0.2, 0.25) is 0 Å². The zero-order valence-electron chi connectivity index (χ0n) is 9.85. The van der Waals surface area contributed by atoms with E-state index in [-0.39, 0.29) is 0 Å². The maximum absolute atomic E-state index is 6.04.